The number of para-hydroxylation sites is 2. The van der Waals surface area contributed by atoms with Crippen molar-refractivity contribution >= 4 is 11.6 Å². The smallest absolute Gasteiger partial charge is 0.173 e. The zero-order chi connectivity index (χ0) is 16.1. The van der Waals surface area contributed by atoms with Crippen molar-refractivity contribution in [2.75, 3.05) is 0 Å². The Morgan fingerprint density at radius 2 is 1.22 bits per heavy atom. The van der Waals surface area contributed by atoms with Crippen LogP contribution in [0.25, 0.3) is 0 Å². The summed E-state index contributed by atoms with van der Waals surface area (Å²) in [6.45, 7) is 0. The van der Waals surface area contributed by atoms with E-state index in [0.29, 0.717) is 28.6 Å². The first-order chi connectivity index (χ1) is 11.3. The lowest BCUT2D eigenvalue weighted by molar-refractivity contribution is 0.409. The molecule has 0 radical (unpaired) electrons. The summed E-state index contributed by atoms with van der Waals surface area (Å²) in [5.41, 5.74) is 0.581. The summed E-state index contributed by atoms with van der Waals surface area (Å²) in [5.74, 6) is 2.51. The van der Waals surface area contributed by atoms with Gasteiger partial charge in [-0.05, 0) is 30.3 Å². The maximum Gasteiger partial charge on any atom is 0.173 e. The molecule has 0 bridgehead atoms. The van der Waals surface area contributed by atoms with Crippen LogP contribution in [0.4, 0.5) is 0 Å². The predicted molar refractivity (Wildman–Crippen MR) is 90.7 cm³/mol. The van der Waals surface area contributed by atoms with Gasteiger partial charge in [-0.15, -0.1) is 11.6 Å². The predicted octanol–water partition coefficient (Wildman–Crippen LogP) is 5.72. The highest BCUT2D eigenvalue weighted by Crippen LogP contribution is 2.39. The second kappa shape index (κ2) is 7.07. The molecule has 0 spiro atoms. The molecule has 3 nitrogen and oxygen atoms in total. The third-order valence-corrected chi connectivity index (χ3v) is 3.52. The molecule has 0 fully saturated rings. The molecule has 0 heterocycles. The first-order valence-corrected chi connectivity index (χ1v) is 7.67. The molecular weight excluding hydrogens is 312 g/mol. The maximum absolute atomic E-state index is 10.0. The number of phenols is 1. The normalized spacial score (nSPS) is 10.3. The minimum atomic E-state index is 0.0753. The number of hydrogen-bond donors (Lipinski definition) is 1. The van der Waals surface area contributed by atoms with Crippen LogP contribution in [0.5, 0.6) is 28.7 Å². The van der Waals surface area contributed by atoms with Crippen LogP contribution >= 0.6 is 11.6 Å². The molecule has 0 aliphatic heterocycles. The Bertz CT molecular complexity index is 773. The van der Waals surface area contributed by atoms with Crippen LogP contribution in [0.15, 0.2) is 72.8 Å². The van der Waals surface area contributed by atoms with Crippen molar-refractivity contribution in [3.05, 3.63) is 78.4 Å². The number of phenolic OH excluding ortho intramolecular Hbond substituents is 1. The second-order valence-electron chi connectivity index (χ2n) is 4.89. The highest BCUT2D eigenvalue weighted by atomic mass is 35.5. The van der Waals surface area contributed by atoms with Crippen LogP contribution in [-0.4, -0.2) is 5.11 Å². The van der Waals surface area contributed by atoms with E-state index in [0.717, 1.165) is 0 Å². The quantitative estimate of drug-likeness (QED) is 0.610. The van der Waals surface area contributed by atoms with Gasteiger partial charge in [-0.2, -0.15) is 0 Å². The van der Waals surface area contributed by atoms with Crippen LogP contribution in [0.3, 0.4) is 0 Å². The monoisotopic (exact) mass is 326 g/mol. The van der Waals surface area contributed by atoms with Gasteiger partial charge in [0.15, 0.2) is 11.5 Å². The Balaban J connectivity index is 1.97. The molecule has 116 valence electrons. The van der Waals surface area contributed by atoms with Gasteiger partial charge in [-0.25, -0.2) is 0 Å². The van der Waals surface area contributed by atoms with Gasteiger partial charge in [0.25, 0.3) is 0 Å². The van der Waals surface area contributed by atoms with E-state index >= 15 is 0 Å². The summed E-state index contributed by atoms with van der Waals surface area (Å²) in [6.07, 6.45) is 0. The minimum absolute atomic E-state index is 0.0753. The van der Waals surface area contributed by atoms with Crippen molar-refractivity contribution in [1.82, 2.24) is 0 Å². The number of aromatic hydroxyl groups is 1. The molecule has 0 saturated carbocycles. The average Bonchev–Trinajstić information content (AvgIpc) is 2.59. The van der Waals surface area contributed by atoms with Crippen LogP contribution in [0, 0.1) is 0 Å². The summed E-state index contributed by atoms with van der Waals surface area (Å²) in [6, 6.07) is 21.9. The lowest BCUT2D eigenvalue weighted by Crippen LogP contribution is -1.92. The number of alkyl halides is 1. The van der Waals surface area contributed by atoms with Crippen LogP contribution in [0.1, 0.15) is 5.56 Å². The van der Waals surface area contributed by atoms with E-state index in [-0.39, 0.29) is 11.6 Å². The van der Waals surface area contributed by atoms with Crippen molar-refractivity contribution in [3.8, 4) is 28.7 Å². The van der Waals surface area contributed by atoms with Gasteiger partial charge >= 0.3 is 0 Å². The van der Waals surface area contributed by atoms with Gasteiger partial charge in [-0.1, -0.05) is 36.4 Å². The molecule has 0 aromatic heterocycles. The largest absolute Gasteiger partial charge is 0.507 e. The van der Waals surface area contributed by atoms with Crippen LogP contribution in [0.2, 0.25) is 0 Å². The van der Waals surface area contributed by atoms with Crippen molar-refractivity contribution in [3.63, 3.8) is 0 Å². The molecule has 4 heteroatoms. The molecule has 0 amide bonds. The Hall–Kier alpha value is -2.65. The fraction of sp³-hybridized carbons (Fsp3) is 0.0526. The van der Waals surface area contributed by atoms with Crippen LogP contribution in [-0.2, 0) is 5.88 Å². The molecule has 1 N–H and O–H groups in total. The fourth-order valence-corrected chi connectivity index (χ4v) is 2.30. The fourth-order valence-electron chi connectivity index (χ4n) is 2.09. The number of halogens is 1. The highest BCUT2D eigenvalue weighted by molar-refractivity contribution is 6.17. The van der Waals surface area contributed by atoms with Gasteiger partial charge < -0.3 is 14.6 Å². The molecule has 0 atom stereocenters. The summed E-state index contributed by atoms with van der Waals surface area (Å²) < 4.78 is 11.7. The Morgan fingerprint density at radius 3 is 1.70 bits per heavy atom. The summed E-state index contributed by atoms with van der Waals surface area (Å²) >= 11 is 5.86. The molecule has 0 aliphatic carbocycles. The topological polar surface area (TPSA) is 38.7 Å². The van der Waals surface area contributed by atoms with Crippen LogP contribution < -0.4 is 9.47 Å². The van der Waals surface area contributed by atoms with Crippen molar-refractivity contribution in [2.24, 2.45) is 0 Å². The molecule has 3 aromatic rings. The van der Waals surface area contributed by atoms with Gasteiger partial charge in [0.2, 0.25) is 0 Å². The zero-order valence-electron chi connectivity index (χ0n) is 12.3. The van der Waals surface area contributed by atoms with Gasteiger partial charge in [0, 0.05) is 11.6 Å². The van der Waals surface area contributed by atoms with Gasteiger partial charge in [0.1, 0.15) is 17.2 Å². The lowest BCUT2D eigenvalue weighted by Gasteiger charge is -2.14. The Morgan fingerprint density at radius 1 is 0.739 bits per heavy atom. The van der Waals surface area contributed by atoms with Crippen molar-refractivity contribution < 1.29 is 14.6 Å². The van der Waals surface area contributed by atoms with Gasteiger partial charge in [0.05, 0.1) is 5.88 Å². The van der Waals surface area contributed by atoms with E-state index in [4.69, 9.17) is 21.1 Å². The molecule has 23 heavy (non-hydrogen) atoms. The first-order valence-electron chi connectivity index (χ1n) is 7.14. The second-order valence-corrected chi connectivity index (χ2v) is 5.16. The molecule has 3 rings (SSSR count). The third kappa shape index (κ3) is 3.76. The first kappa shape index (κ1) is 15.3. The summed E-state index contributed by atoms with van der Waals surface area (Å²) in [7, 11) is 0. The SMILES string of the molecule is Oc1cc(Oc2ccccc2)c(Oc2ccccc2)cc1CCl. The standard InChI is InChI=1S/C19H15ClO3/c20-13-14-11-18(22-15-7-3-1-4-8-15)19(12-17(14)21)23-16-9-5-2-6-10-16/h1-12,21H,13H2. The highest BCUT2D eigenvalue weighted by Gasteiger charge is 2.13. The van der Waals surface area contributed by atoms with Gasteiger partial charge in [-0.3, -0.25) is 0 Å². The molecular formula is C19H15ClO3. The number of hydrogen-bond acceptors (Lipinski definition) is 3. The Kier molecular flexibility index (Phi) is 4.69. The molecule has 0 aliphatic rings. The zero-order valence-corrected chi connectivity index (χ0v) is 13.0. The number of benzene rings is 3. The average molecular weight is 327 g/mol. The summed E-state index contributed by atoms with van der Waals surface area (Å²) in [4.78, 5) is 0. The molecule has 3 aromatic carbocycles. The summed E-state index contributed by atoms with van der Waals surface area (Å²) in [5, 5.41) is 10.0. The number of ether oxygens (including phenoxy) is 2. The minimum Gasteiger partial charge on any atom is -0.507 e. The van der Waals surface area contributed by atoms with E-state index in [1.165, 1.54) is 6.07 Å². The molecule has 0 unspecified atom stereocenters. The Labute approximate surface area is 139 Å². The van der Waals surface area contributed by atoms with Crippen molar-refractivity contribution in [2.45, 2.75) is 5.88 Å². The van der Waals surface area contributed by atoms with Crippen molar-refractivity contribution in [1.29, 1.82) is 0 Å². The molecule has 0 saturated heterocycles. The lowest BCUT2D eigenvalue weighted by atomic mass is 10.2. The van der Waals surface area contributed by atoms with E-state index in [1.54, 1.807) is 6.07 Å². The van der Waals surface area contributed by atoms with E-state index in [2.05, 4.69) is 0 Å². The number of rotatable bonds is 5. The maximum atomic E-state index is 10.0. The third-order valence-electron chi connectivity index (χ3n) is 3.23. The van der Waals surface area contributed by atoms with E-state index < -0.39 is 0 Å². The van der Waals surface area contributed by atoms with E-state index in [9.17, 15) is 5.11 Å². The van der Waals surface area contributed by atoms with E-state index in [1.807, 2.05) is 60.7 Å².